The number of hydrogen-bond acceptors (Lipinski definition) is 7. The van der Waals surface area contributed by atoms with Crippen LogP contribution in [-0.4, -0.2) is 61.6 Å². The Labute approximate surface area is 253 Å². The van der Waals surface area contributed by atoms with E-state index in [1.165, 1.54) is 65.2 Å². The predicted octanol–water partition coefficient (Wildman–Crippen LogP) is 4.25. The van der Waals surface area contributed by atoms with Gasteiger partial charge in [-0.25, -0.2) is 4.79 Å². The van der Waals surface area contributed by atoms with Gasteiger partial charge in [-0.15, -0.1) is 0 Å². The molecule has 11 nitrogen and oxygen atoms in total. The molecule has 0 aliphatic carbocycles. The molecular formula is C31H59N5O6. The van der Waals surface area contributed by atoms with Gasteiger partial charge < -0.3 is 31.6 Å². The summed E-state index contributed by atoms with van der Waals surface area (Å²) < 4.78 is 10.4. The van der Waals surface area contributed by atoms with Crippen LogP contribution in [-0.2, 0) is 28.7 Å². The number of nitrogens with two attached hydrogens (primary N) is 2. The van der Waals surface area contributed by atoms with Crippen molar-refractivity contribution in [1.82, 2.24) is 10.6 Å². The first-order valence-corrected chi connectivity index (χ1v) is 16.0. The maximum Gasteiger partial charge on any atom is 0.328 e. The average Bonchev–Trinajstić information content (AvgIpc) is 2.90. The Balaban J connectivity index is 4.21. The summed E-state index contributed by atoms with van der Waals surface area (Å²) in [6, 6.07) is -1.56. The van der Waals surface area contributed by atoms with Gasteiger partial charge in [0.25, 0.3) is 0 Å². The van der Waals surface area contributed by atoms with Gasteiger partial charge in [-0.2, -0.15) is 0 Å². The molecule has 0 bridgehead atoms. The Morgan fingerprint density at radius 1 is 0.667 bits per heavy atom. The van der Waals surface area contributed by atoms with E-state index in [0.29, 0.717) is 39.0 Å². The maximum absolute atomic E-state index is 12.9. The molecule has 0 unspecified atom stereocenters. The second-order valence-electron chi connectivity index (χ2n) is 11.5. The van der Waals surface area contributed by atoms with Crippen LogP contribution in [0.2, 0.25) is 0 Å². The summed E-state index contributed by atoms with van der Waals surface area (Å²) in [6.45, 7) is 7.92. The van der Waals surface area contributed by atoms with Crippen molar-refractivity contribution in [2.45, 2.75) is 143 Å². The zero-order valence-corrected chi connectivity index (χ0v) is 26.7. The van der Waals surface area contributed by atoms with Crippen molar-refractivity contribution >= 4 is 29.7 Å². The van der Waals surface area contributed by atoms with E-state index < -0.39 is 24.0 Å². The van der Waals surface area contributed by atoms with E-state index in [4.69, 9.17) is 20.9 Å². The van der Waals surface area contributed by atoms with Crippen molar-refractivity contribution in [1.29, 1.82) is 0 Å². The standard InChI is InChI=1S/C31H59N5O6/c1-24(2)23-28(35-25(3)37)29(39)36-27(19-18-20-34-31(32)33)30(40)42-22-17-15-13-11-9-7-5-6-8-10-12-14-16-21-41-26(4)38/h24,27-28H,5-23H2,1-4H3,(H,35,37)(H,36,39)(H4,32,33,34)/t27-,28-/m0/s1. The summed E-state index contributed by atoms with van der Waals surface area (Å²) in [5.74, 6) is -1.23. The van der Waals surface area contributed by atoms with Gasteiger partial charge in [0, 0.05) is 20.4 Å². The third-order valence-electron chi connectivity index (χ3n) is 6.79. The molecule has 0 aliphatic heterocycles. The number of unbranched alkanes of at least 4 members (excludes halogenated alkanes) is 12. The zero-order chi connectivity index (χ0) is 31.6. The summed E-state index contributed by atoms with van der Waals surface area (Å²) in [4.78, 5) is 52.0. The highest BCUT2D eigenvalue weighted by molar-refractivity contribution is 5.90. The highest BCUT2D eigenvalue weighted by Crippen LogP contribution is 2.13. The minimum Gasteiger partial charge on any atom is -0.466 e. The molecule has 6 N–H and O–H groups in total. The quantitative estimate of drug-likeness (QED) is 0.0495. The Morgan fingerprint density at radius 3 is 1.57 bits per heavy atom. The lowest BCUT2D eigenvalue weighted by Crippen LogP contribution is -2.52. The fourth-order valence-corrected chi connectivity index (χ4v) is 4.61. The summed E-state index contributed by atoms with van der Waals surface area (Å²) in [7, 11) is 0. The third-order valence-corrected chi connectivity index (χ3v) is 6.79. The minimum atomic E-state index is -0.837. The highest BCUT2D eigenvalue weighted by atomic mass is 16.5. The first-order valence-electron chi connectivity index (χ1n) is 16.0. The summed E-state index contributed by atoms with van der Waals surface area (Å²) in [5.41, 5.74) is 10.8. The van der Waals surface area contributed by atoms with Crippen LogP contribution in [0.3, 0.4) is 0 Å². The molecule has 11 heteroatoms. The largest absolute Gasteiger partial charge is 0.466 e. The number of carbonyl (C=O) groups is 4. The second kappa shape index (κ2) is 25.8. The number of aliphatic imine (C=N–C) groups is 1. The van der Waals surface area contributed by atoms with Gasteiger partial charge in [0.15, 0.2) is 5.96 Å². The fourth-order valence-electron chi connectivity index (χ4n) is 4.61. The van der Waals surface area contributed by atoms with Crippen LogP contribution in [0.4, 0.5) is 0 Å². The van der Waals surface area contributed by atoms with Gasteiger partial charge in [0.1, 0.15) is 12.1 Å². The third kappa shape index (κ3) is 24.9. The van der Waals surface area contributed by atoms with Gasteiger partial charge in [0.05, 0.1) is 13.2 Å². The number of guanidine groups is 1. The molecule has 0 saturated heterocycles. The number of carbonyl (C=O) groups excluding carboxylic acids is 4. The number of ether oxygens (including phenoxy) is 2. The van der Waals surface area contributed by atoms with Crippen molar-refractivity contribution in [3.8, 4) is 0 Å². The molecule has 0 fully saturated rings. The second-order valence-corrected chi connectivity index (χ2v) is 11.5. The monoisotopic (exact) mass is 597 g/mol. The SMILES string of the molecule is CC(=O)N[C@@H](CC(C)C)C(=O)N[C@@H](CCCN=C(N)N)C(=O)OCCCCCCCCCCCCCCCOC(C)=O. The summed E-state index contributed by atoms with van der Waals surface area (Å²) in [6.07, 6.45) is 16.1. The first-order chi connectivity index (χ1) is 20.0. The molecule has 0 radical (unpaired) electrons. The van der Waals surface area contributed by atoms with Crippen molar-refractivity contribution in [3.63, 3.8) is 0 Å². The van der Waals surface area contributed by atoms with Crippen molar-refractivity contribution in [2.24, 2.45) is 22.4 Å². The van der Waals surface area contributed by atoms with Crippen molar-refractivity contribution in [3.05, 3.63) is 0 Å². The van der Waals surface area contributed by atoms with Crippen LogP contribution in [0, 0.1) is 5.92 Å². The van der Waals surface area contributed by atoms with Crippen molar-refractivity contribution in [2.75, 3.05) is 19.8 Å². The normalized spacial score (nSPS) is 12.3. The number of hydrogen-bond donors (Lipinski definition) is 4. The van der Waals surface area contributed by atoms with Gasteiger partial charge in [-0.05, 0) is 38.0 Å². The lowest BCUT2D eigenvalue weighted by atomic mass is 10.0. The number of amides is 2. The predicted molar refractivity (Wildman–Crippen MR) is 167 cm³/mol. The fraction of sp³-hybridized carbons (Fsp3) is 0.839. The van der Waals surface area contributed by atoms with Gasteiger partial charge in [-0.1, -0.05) is 84.5 Å². The Kier molecular flexibility index (Phi) is 24.1. The number of rotatable bonds is 26. The lowest BCUT2D eigenvalue weighted by Gasteiger charge is -2.23. The number of nitrogens with zero attached hydrogens (tertiary/aromatic N) is 1. The first kappa shape index (κ1) is 39.1. The molecule has 2 atom stereocenters. The molecule has 244 valence electrons. The molecule has 0 aromatic heterocycles. The molecule has 0 aliphatic rings. The molecular weight excluding hydrogens is 538 g/mol. The Morgan fingerprint density at radius 2 is 1.14 bits per heavy atom. The highest BCUT2D eigenvalue weighted by Gasteiger charge is 2.27. The van der Waals surface area contributed by atoms with E-state index in [-0.39, 0.29) is 23.8 Å². The van der Waals surface area contributed by atoms with Crippen molar-refractivity contribution < 1.29 is 28.7 Å². The lowest BCUT2D eigenvalue weighted by molar-refractivity contribution is -0.148. The number of esters is 2. The van der Waals surface area contributed by atoms with Crippen LogP contribution >= 0.6 is 0 Å². The molecule has 0 aromatic carbocycles. The molecule has 0 saturated carbocycles. The Bertz CT molecular complexity index is 786. The van der Waals surface area contributed by atoms with Crippen LogP contribution in [0.25, 0.3) is 0 Å². The minimum absolute atomic E-state index is 0.0262. The molecule has 0 aromatic rings. The van der Waals surface area contributed by atoms with E-state index in [2.05, 4.69) is 15.6 Å². The molecule has 0 rings (SSSR count). The van der Waals surface area contributed by atoms with E-state index in [1.807, 2.05) is 13.8 Å². The van der Waals surface area contributed by atoms with E-state index in [1.54, 1.807) is 0 Å². The van der Waals surface area contributed by atoms with Crippen LogP contribution in [0.5, 0.6) is 0 Å². The van der Waals surface area contributed by atoms with E-state index in [0.717, 1.165) is 32.1 Å². The van der Waals surface area contributed by atoms with Gasteiger partial charge in [0.2, 0.25) is 11.8 Å². The van der Waals surface area contributed by atoms with E-state index >= 15 is 0 Å². The summed E-state index contributed by atoms with van der Waals surface area (Å²) >= 11 is 0. The Hall–Kier alpha value is -2.85. The molecule has 0 spiro atoms. The topological polar surface area (TPSA) is 175 Å². The number of nitrogens with one attached hydrogen (secondary N) is 2. The van der Waals surface area contributed by atoms with Crippen LogP contribution < -0.4 is 22.1 Å². The van der Waals surface area contributed by atoms with Gasteiger partial charge >= 0.3 is 11.9 Å². The maximum atomic E-state index is 12.9. The average molecular weight is 598 g/mol. The van der Waals surface area contributed by atoms with Gasteiger partial charge in [-0.3, -0.25) is 19.4 Å². The smallest absolute Gasteiger partial charge is 0.328 e. The zero-order valence-electron chi connectivity index (χ0n) is 26.7. The molecule has 0 heterocycles. The van der Waals surface area contributed by atoms with Crippen LogP contribution in [0.15, 0.2) is 4.99 Å². The molecule has 42 heavy (non-hydrogen) atoms. The van der Waals surface area contributed by atoms with Crippen LogP contribution in [0.1, 0.15) is 130 Å². The summed E-state index contributed by atoms with van der Waals surface area (Å²) in [5, 5.41) is 5.44. The molecule has 2 amide bonds. The van der Waals surface area contributed by atoms with E-state index in [9.17, 15) is 19.2 Å².